The summed E-state index contributed by atoms with van der Waals surface area (Å²) in [6.45, 7) is 4.51. The number of primary amides is 2. The number of amides is 6. The van der Waals surface area contributed by atoms with E-state index in [1.54, 1.807) is 48.5 Å². The van der Waals surface area contributed by atoms with E-state index in [4.69, 9.17) is 11.5 Å². The van der Waals surface area contributed by atoms with Crippen LogP contribution < -0.4 is 27.0 Å². The first-order chi connectivity index (χ1) is 29.3. The number of nitrogens with two attached hydrogens (primary N) is 2. The number of carbonyl (C=O) groups excluding carboxylic acids is 4. The van der Waals surface area contributed by atoms with Crippen molar-refractivity contribution in [1.82, 2.24) is 20.4 Å². The molecule has 0 unspecified atom stereocenters. The number of rotatable bonds is 17. The maximum Gasteiger partial charge on any atom is 0.405 e. The minimum absolute atomic E-state index is 0.317. The van der Waals surface area contributed by atoms with Crippen molar-refractivity contribution in [3.8, 4) is 0 Å². The van der Waals surface area contributed by atoms with Gasteiger partial charge >= 0.3 is 12.2 Å². The standard InChI is InChI=1S/C44H53F4N7O8/c1-41(2,20-33(49)56)35(51-39(60)61)37(58)54-24-43(45,46)18-31(54)28-14-10-26(11-15-28)22-53(30-8-6-5-7-9-30)23-27-12-16-29(17-13-27)32-19-44(47,48)25-55(32)38(59)36(52-40(62)63)42(3,4)21-34(50)57/h5-17,31-32,35-36,51-52H,18-25H2,1-4H3,(H2,49,56)(H2,50,57)(H,60,61)(H,62,63)/t31-,32-,35+,36+/m0/s1. The van der Waals surface area contributed by atoms with Crippen LogP contribution in [0.5, 0.6) is 0 Å². The molecule has 6 amide bonds. The van der Waals surface area contributed by atoms with Gasteiger partial charge in [0.25, 0.3) is 11.8 Å². The summed E-state index contributed by atoms with van der Waals surface area (Å²) in [5.74, 6) is -9.99. The van der Waals surface area contributed by atoms with Crippen molar-refractivity contribution in [3.05, 3.63) is 101 Å². The molecule has 340 valence electrons. The monoisotopic (exact) mass is 883 g/mol. The highest BCUT2D eigenvalue weighted by Crippen LogP contribution is 2.44. The van der Waals surface area contributed by atoms with Gasteiger partial charge in [-0.1, -0.05) is 94.4 Å². The van der Waals surface area contributed by atoms with Crippen LogP contribution >= 0.6 is 0 Å². The Morgan fingerprint density at radius 2 is 1.00 bits per heavy atom. The number of alkyl halides is 4. The number of nitrogens with one attached hydrogen (secondary N) is 2. The van der Waals surface area contributed by atoms with Gasteiger partial charge in [-0.05, 0) is 34.4 Å². The summed E-state index contributed by atoms with van der Waals surface area (Å²) in [7, 11) is 0. The third-order valence-electron chi connectivity index (χ3n) is 11.6. The van der Waals surface area contributed by atoms with E-state index in [9.17, 15) is 39.0 Å². The molecule has 3 aromatic rings. The molecule has 0 radical (unpaired) electrons. The zero-order chi connectivity index (χ0) is 46.7. The van der Waals surface area contributed by atoms with Crippen molar-refractivity contribution in [2.75, 3.05) is 18.0 Å². The molecule has 0 bridgehead atoms. The molecule has 5 rings (SSSR count). The third-order valence-corrected chi connectivity index (χ3v) is 11.6. The number of hydrogen-bond acceptors (Lipinski definition) is 7. The molecule has 15 nitrogen and oxygen atoms in total. The fraction of sp³-hybridized carbons (Fsp3) is 0.455. The fourth-order valence-corrected chi connectivity index (χ4v) is 8.56. The van der Waals surface area contributed by atoms with Crippen LogP contribution in [-0.4, -0.2) is 92.8 Å². The lowest BCUT2D eigenvalue weighted by molar-refractivity contribution is -0.140. The topological polar surface area (TPSA) is 229 Å². The van der Waals surface area contributed by atoms with E-state index in [1.165, 1.54) is 27.7 Å². The predicted octanol–water partition coefficient (Wildman–Crippen LogP) is 5.79. The number of benzene rings is 3. The summed E-state index contributed by atoms with van der Waals surface area (Å²) in [5, 5.41) is 23.2. The first kappa shape index (κ1) is 47.6. The smallest absolute Gasteiger partial charge is 0.405 e. The van der Waals surface area contributed by atoms with Crippen molar-refractivity contribution in [3.63, 3.8) is 0 Å². The van der Waals surface area contributed by atoms with Gasteiger partial charge in [0.05, 0.1) is 25.2 Å². The van der Waals surface area contributed by atoms with Crippen LogP contribution in [0.1, 0.15) is 87.7 Å². The predicted molar refractivity (Wildman–Crippen MR) is 222 cm³/mol. The molecular weight excluding hydrogens is 831 g/mol. The molecule has 3 aromatic carbocycles. The van der Waals surface area contributed by atoms with Gasteiger partial charge in [-0.15, -0.1) is 0 Å². The van der Waals surface area contributed by atoms with Crippen LogP contribution in [0.3, 0.4) is 0 Å². The second kappa shape index (κ2) is 18.5. The summed E-state index contributed by atoms with van der Waals surface area (Å²) in [5.41, 5.74) is 11.2. The van der Waals surface area contributed by atoms with E-state index in [-0.39, 0.29) is 12.8 Å². The van der Waals surface area contributed by atoms with Crippen LogP contribution in [-0.2, 0) is 32.3 Å². The Balaban J connectivity index is 1.37. The lowest BCUT2D eigenvalue weighted by atomic mass is 9.80. The van der Waals surface area contributed by atoms with Gasteiger partial charge in [0.2, 0.25) is 23.6 Å². The molecule has 0 spiro atoms. The van der Waals surface area contributed by atoms with E-state index in [2.05, 4.69) is 10.6 Å². The third kappa shape index (κ3) is 12.0. The number of para-hydroxylation sites is 1. The molecule has 2 saturated heterocycles. The summed E-state index contributed by atoms with van der Waals surface area (Å²) in [6, 6.07) is 17.5. The maximum atomic E-state index is 15.0. The minimum Gasteiger partial charge on any atom is -0.465 e. The number of likely N-dealkylation sites (tertiary alicyclic amines) is 2. The van der Waals surface area contributed by atoms with Crippen molar-refractivity contribution in [1.29, 1.82) is 0 Å². The van der Waals surface area contributed by atoms with E-state index in [0.717, 1.165) is 26.6 Å². The summed E-state index contributed by atoms with van der Waals surface area (Å²) in [6.07, 6.45) is -5.34. The number of carboxylic acid groups (broad SMARTS) is 2. The van der Waals surface area contributed by atoms with Crippen LogP contribution in [0.25, 0.3) is 0 Å². The van der Waals surface area contributed by atoms with E-state index < -0.39 is 109 Å². The highest BCUT2D eigenvalue weighted by Gasteiger charge is 2.53. The molecule has 19 heteroatoms. The number of halogens is 4. The van der Waals surface area contributed by atoms with Gasteiger partial charge in [-0.25, -0.2) is 27.2 Å². The Hall–Kier alpha value is -6.40. The van der Waals surface area contributed by atoms with Gasteiger partial charge in [0.15, 0.2) is 0 Å². The Kier molecular flexibility index (Phi) is 14.0. The van der Waals surface area contributed by atoms with Gasteiger partial charge in [0, 0.05) is 55.3 Å². The molecule has 4 atom stereocenters. The van der Waals surface area contributed by atoms with E-state index in [1.807, 2.05) is 35.2 Å². The molecule has 63 heavy (non-hydrogen) atoms. The average Bonchev–Trinajstić information content (AvgIpc) is 3.69. The molecule has 2 heterocycles. The van der Waals surface area contributed by atoms with E-state index >= 15 is 17.6 Å². The van der Waals surface area contributed by atoms with Gasteiger partial charge in [0.1, 0.15) is 12.1 Å². The number of hydrogen-bond donors (Lipinski definition) is 6. The maximum absolute atomic E-state index is 15.0. The average molecular weight is 884 g/mol. The summed E-state index contributed by atoms with van der Waals surface area (Å²) in [4.78, 5) is 78.5. The zero-order valence-corrected chi connectivity index (χ0v) is 35.3. The Bertz CT molecular complexity index is 2040. The molecule has 2 aliphatic rings. The molecule has 2 fully saturated rings. The summed E-state index contributed by atoms with van der Waals surface area (Å²) >= 11 is 0. The van der Waals surface area contributed by atoms with Gasteiger partial charge in [-0.3, -0.25) is 19.2 Å². The van der Waals surface area contributed by atoms with Gasteiger partial charge in [-0.2, -0.15) is 0 Å². The molecule has 2 aliphatic heterocycles. The van der Waals surface area contributed by atoms with E-state index in [0.29, 0.717) is 24.2 Å². The minimum atomic E-state index is -3.28. The number of carbonyl (C=O) groups is 6. The van der Waals surface area contributed by atoms with Crippen molar-refractivity contribution < 1.29 is 56.5 Å². The highest BCUT2D eigenvalue weighted by molar-refractivity contribution is 5.89. The largest absolute Gasteiger partial charge is 0.465 e. The molecular formula is C44H53F4N7O8. The van der Waals surface area contributed by atoms with Crippen LogP contribution in [0.4, 0.5) is 32.8 Å². The van der Waals surface area contributed by atoms with Crippen molar-refractivity contribution >= 4 is 41.5 Å². The number of nitrogens with zero attached hydrogens (tertiary/aromatic N) is 3. The van der Waals surface area contributed by atoms with Crippen molar-refractivity contribution in [2.24, 2.45) is 22.3 Å². The molecule has 0 saturated carbocycles. The molecule has 0 aliphatic carbocycles. The first-order valence-corrected chi connectivity index (χ1v) is 20.2. The zero-order valence-electron chi connectivity index (χ0n) is 35.3. The Labute approximate surface area is 361 Å². The fourth-order valence-electron chi connectivity index (χ4n) is 8.56. The normalized spacial score (nSPS) is 19.2. The van der Waals surface area contributed by atoms with Crippen LogP contribution in [0.15, 0.2) is 78.9 Å². The van der Waals surface area contributed by atoms with Crippen LogP contribution in [0, 0.1) is 10.8 Å². The first-order valence-electron chi connectivity index (χ1n) is 20.2. The highest BCUT2D eigenvalue weighted by atomic mass is 19.3. The quantitative estimate of drug-likeness (QED) is 0.0901. The summed E-state index contributed by atoms with van der Waals surface area (Å²) < 4.78 is 60.1. The lowest BCUT2D eigenvalue weighted by Gasteiger charge is -2.36. The Morgan fingerprint density at radius 1 is 0.651 bits per heavy atom. The van der Waals surface area contributed by atoms with Gasteiger partial charge < -0.3 is 47.0 Å². The second-order valence-electron chi connectivity index (χ2n) is 17.8. The number of anilines is 1. The lowest BCUT2D eigenvalue weighted by Crippen LogP contribution is -2.56. The molecule has 8 N–H and O–H groups in total. The van der Waals surface area contributed by atoms with Crippen molar-refractivity contribution in [2.45, 2.75) is 102 Å². The SMILES string of the molecule is CC(C)(CC(N)=O)[C@H](NC(=O)O)C(=O)N1CC(F)(F)C[C@H]1c1ccc(CN(Cc2ccc([C@@H]3CC(F)(F)CN3C(=O)[C@@H](NC(=O)O)C(C)(C)CC(N)=O)cc2)c2ccccc2)cc1. The Morgan fingerprint density at radius 3 is 1.32 bits per heavy atom. The molecule has 0 aromatic heterocycles. The van der Waals surface area contributed by atoms with Crippen LogP contribution in [0.2, 0.25) is 0 Å². The second-order valence-corrected chi connectivity index (χ2v) is 17.8.